The summed E-state index contributed by atoms with van der Waals surface area (Å²) in [5, 5.41) is 9.12. The maximum Gasteiger partial charge on any atom is 0.328 e. The molecule has 2 rings (SSSR count). The smallest absolute Gasteiger partial charge is 0.328 e. The Kier molecular flexibility index (Phi) is 5.34. The van der Waals surface area contributed by atoms with Crippen molar-refractivity contribution >= 4 is 21.9 Å². The predicted octanol–water partition coefficient (Wildman–Crippen LogP) is -0.381. The number of ether oxygens (including phenoxy) is 1. The van der Waals surface area contributed by atoms with E-state index in [-0.39, 0.29) is 24.7 Å². The molecule has 1 amide bonds. The van der Waals surface area contributed by atoms with Crippen LogP contribution in [-0.4, -0.2) is 74.0 Å². The highest BCUT2D eigenvalue weighted by Crippen LogP contribution is 2.15. The second kappa shape index (κ2) is 7.07. The van der Waals surface area contributed by atoms with E-state index in [4.69, 9.17) is 9.84 Å². The van der Waals surface area contributed by atoms with Gasteiger partial charge in [0.05, 0.1) is 24.7 Å². The average molecular weight is 342 g/mol. The van der Waals surface area contributed by atoms with Gasteiger partial charge >= 0.3 is 5.97 Å². The lowest BCUT2D eigenvalue weighted by atomic mass is 10.2. The molecule has 1 atom stereocenters. The van der Waals surface area contributed by atoms with Crippen molar-refractivity contribution in [3.63, 3.8) is 0 Å². The Labute approximate surface area is 134 Å². The van der Waals surface area contributed by atoms with Crippen LogP contribution in [0.15, 0.2) is 35.2 Å². The quantitative estimate of drug-likeness (QED) is 0.782. The summed E-state index contributed by atoms with van der Waals surface area (Å²) in [5.41, 5.74) is 0. The van der Waals surface area contributed by atoms with Crippen LogP contribution in [0.2, 0.25) is 0 Å². The first-order chi connectivity index (χ1) is 10.8. The van der Waals surface area contributed by atoms with E-state index in [0.717, 1.165) is 9.21 Å². The molecule has 23 heavy (non-hydrogen) atoms. The number of benzene rings is 1. The van der Waals surface area contributed by atoms with Gasteiger partial charge in [0.1, 0.15) is 0 Å². The first-order valence-electron chi connectivity index (χ1n) is 6.95. The van der Waals surface area contributed by atoms with Gasteiger partial charge in [-0.15, -0.1) is 0 Å². The number of sulfonamides is 1. The molecular weight excluding hydrogens is 324 g/mol. The lowest BCUT2D eigenvalue weighted by Crippen LogP contribution is -2.55. The van der Waals surface area contributed by atoms with Gasteiger partial charge in [-0.05, 0) is 12.1 Å². The largest absolute Gasteiger partial charge is 0.480 e. The minimum Gasteiger partial charge on any atom is -0.480 e. The maximum absolute atomic E-state index is 12.4. The molecule has 1 heterocycles. The van der Waals surface area contributed by atoms with Crippen LogP contribution in [0.3, 0.4) is 0 Å². The number of hydrogen-bond donors (Lipinski definition) is 1. The number of nitrogens with zero attached hydrogens (tertiary/aromatic N) is 2. The summed E-state index contributed by atoms with van der Waals surface area (Å²) < 4.78 is 30.7. The minimum atomic E-state index is -3.80. The summed E-state index contributed by atoms with van der Waals surface area (Å²) in [7, 11) is -2.52. The van der Waals surface area contributed by atoms with Gasteiger partial charge in [-0.25, -0.2) is 13.2 Å². The van der Waals surface area contributed by atoms with Crippen molar-refractivity contribution < 1.29 is 27.9 Å². The number of hydrogen-bond acceptors (Lipinski definition) is 5. The first-order valence-corrected chi connectivity index (χ1v) is 8.39. The van der Waals surface area contributed by atoms with E-state index >= 15 is 0 Å². The van der Waals surface area contributed by atoms with E-state index in [1.165, 1.54) is 19.2 Å². The number of carbonyl (C=O) groups is 2. The summed E-state index contributed by atoms with van der Waals surface area (Å²) in [6, 6.07) is 6.64. The number of rotatable bonds is 5. The number of likely N-dealkylation sites (N-methyl/N-ethyl adjacent to an activating group) is 1. The Bertz CT molecular complexity index is 676. The minimum absolute atomic E-state index is 0.0760. The molecule has 0 saturated carbocycles. The van der Waals surface area contributed by atoms with Crippen LogP contribution in [0.1, 0.15) is 0 Å². The van der Waals surface area contributed by atoms with Crippen LogP contribution in [-0.2, 0) is 24.3 Å². The standard InChI is InChI=1S/C14H18N2O6S/c1-15(23(20,21)11-5-3-2-4-6-11)9-13(17)16-7-8-22-10-12(16)14(18)19/h2-6,12H,7-10H2,1H3,(H,18,19). The van der Waals surface area contributed by atoms with E-state index in [1.54, 1.807) is 18.2 Å². The van der Waals surface area contributed by atoms with E-state index in [0.29, 0.717) is 0 Å². The van der Waals surface area contributed by atoms with Crippen molar-refractivity contribution in [2.24, 2.45) is 0 Å². The fraction of sp³-hybridized carbons (Fsp3) is 0.429. The summed E-state index contributed by atoms with van der Waals surface area (Å²) in [5.74, 6) is -1.74. The number of amides is 1. The highest BCUT2D eigenvalue weighted by molar-refractivity contribution is 7.89. The van der Waals surface area contributed by atoms with Crippen LogP contribution < -0.4 is 0 Å². The van der Waals surface area contributed by atoms with Crippen LogP contribution in [0.4, 0.5) is 0 Å². The van der Waals surface area contributed by atoms with Crippen molar-refractivity contribution in [2.45, 2.75) is 10.9 Å². The van der Waals surface area contributed by atoms with Gasteiger partial charge in [0, 0.05) is 13.6 Å². The van der Waals surface area contributed by atoms with E-state index in [2.05, 4.69) is 0 Å². The summed E-state index contributed by atoms with van der Waals surface area (Å²) in [6.07, 6.45) is 0. The Hall–Kier alpha value is -1.97. The number of morpholine rings is 1. The molecule has 1 N–H and O–H groups in total. The first kappa shape index (κ1) is 17.4. The lowest BCUT2D eigenvalue weighted by molar-refractivity contribution is -0.158. The molecule has 0 aromatic heterocycles. The van der Waals surface area contributed by atoms with E-state index in [9.17, 15) is 18.0 Å². The van der Waals surface area contributed by atoms with Crippen molar-refractivity contribution in [1.29, 1.82) is 0 Å². The molecule has 0 radical (unpaired) electrons. The van der Waals surface area contributed by atoms with E-state index in [1.807, 2.05) is 0 Å². The van der Waals surface area contributed by atoms with Crippen molar-refractivity contribution in [2.75, 3.05) is 33.4 Å². The molecule has 0 spiro atoms. The third-order valence-corrected chi connectivity index (χ3v) is 5.36. The average Bonchev–Trinajstić information content (AvgIpc) is 2.55. The van der Waals surface area contributed by atoms with Crippen LogP contribution >= 0.6 is 0 Å². The van der Waals surface area contributed by atoms with Crippen molar-refractivity contribution in [3.8, 4) is 0 Å². The van der Waals surface area contributed by atoms with Crippen molar-refractivity contribution in [3.05, 3.63) is 30.3 Å². The summed E-state index contributed by atoms with van der Waals surface area (Å²) in [4.78, 5) is 24.7. The Morgan fingerprint density at radius 2 is 2.00 bits per heavy atom. The molecule has 0 bridgehead atoms. The van der Waals surface area contributed by atoms with Gasteiger partial charge in [0.25, 0.3) is 0 Å². The Morgan fingerprint density at radius 3 is 2.61 bits per heavy atom. The molecule has 1 aliphatic heterocycles. The highest BCUT2D eigenvalue weighted by Gasteiger charge is 2.34. The molecule has 1 saturated heterocycles. The van der Waals surface area contributed by atoms with Gasteiger partial charge in [-0.1, -0.05) is 18.2 Å². The van der Waals surface area contributed by atoms with Crippen molar-refractivity contribution in [1.82, 2.24) is 9.21 Å². The number of carboxylic acid groups (broad SMARTS) is 1. The molecule has 126 valence electrons. The number of carboxylic acids is 1. The predicted molar refractivity (Wildman–Crippen MR) is 80.2 cm³/mol. The van der Waals surface area contributed by atoms with Gasteiger partial charge in [-0.3, -0.25) is 4.79 Å². The fourth-order valence-electron chi connectivity index (χ4n) is 2.25. The number of aliphatic carboxylic acids is 1. The highest BCUT2D eigenvalue weighted by atomic mass is 32.2. The molecule has 9 heteroatoms. The molecular formula is C14H18N2O6S. The SMILES string of the molecule is CN(CC(=O)N1CCOCC1C(=O)O)S(=O)(=O)c1ccccc1. The van der Waals surface area contributed by atoms with Gasteiger partial charge < -0.3 is 14.7 Å². The topological polar surface area (TPSA) is 104 Å². The zero-order chi connectivity index (χ0) is 17.0. The third kappa shape index (κ3) is 3.87. The molecule has 1 fully saturated rings. The van der Waals surface area contributed by atoms with Crippen LogP contribution in [0.25, 0.3) is 0 Å². The van der Waals surface area contributed by atoms with E-state index < -0.39 is 34.5 Å². The molecule has 1 unspecified atom stereocenters. The maximum atomic E-state index is 12.4. The molecule has 8 nitrogen and oxygen atoms in total. The summed E-state index contributed by atoms with van der Waals surface area (Å²) >= 11 is 0. The Balaban J connectivity index is 2.11. The fourth-order valence-corrected chi connectivity index (χ4v) is 3.39. The third-order valence-electron chi connectivity index (χ3n) is 3.54. The van der Waals surface area contributed by atoms with Crippen LogP contribution in [0.5, 0.6) is 0 Å². The van der Waals surface area contributed by atoms with Crippen LogP contribution in [0, 0.1) is 0 Å². The second-order valence-corrected chi connectivity index (χ2v) is 7.14. The van der Waals surface area contributed by atoms with Gasteiger partial charge in [-0.2, -0.15) is 4.31 Å². The number of carbonyl (C=O) groups excluding carboxylic acids is 1. The Morgan fingerprint density at radius 1 is 1.35 bits per heavy atom. The molecule has 1 aliphatic rings. The van der Waals surface area contributed by atoms with Gasteiger partial charge in [0.2, 0.25) is 15.9 Å². The summed E-state index contributed by atoms with van der Waals surface area (Å²) in [6.45, 7) is -0.184. The second-order valence-electron chi connectivity index (χ2n) is 5.09. The zero-order valence-electron chi connectivity index (χ0n) is 12.6. The van der Waals surface area contributed by atoms with Gasteiger partial charge in [0.15, 0.2) is 6.04 Å². The lowest BCUT2D eigenvalue weighted by Gasteiger charge is -2.33. The zero-order valence-corrected chi connectivity index (χ0v) is 13.4. The molecule has 0 aliphatic carbocycles. The monoisotopic (exact) mass is 342 g/mol. The normalized spacial score (nSPS) is 18.9. The molecule has 1 aromatic carbocycles. The molecule has 1 aromatic rings.